The molecular formula is C19H33NO. The van der Waals surface area contributed by atoms with Gasteiger partial charge in [0.25, 0.3) is 0 Å². The fourth-order valence-electron chi connectivity index (χ4n) is 2.39. The van der Waals surface area contributed by atoms with E-state index in [1.54, 1.807) is 0 Å². The Morgan fingerprint density at radius 3 is 2.48 bits per heavy atom. The molecule has 0 spiro atoms. The molecule has 1 N–H and O–H groups in total. The summed E-state index contributed by atoms with van der Waals surface area (Å²) in [6, 6.07) is 6.48. The van der Waals surface area contributed by atoms with Crippen molar-refractivity contribution in [3.63, 3.8) is 0 Å². The molecule has 2 nitrogen and oxygen atoms in total. The van der Waals surface area contributed by atoms with Gasteiger partial charge >= 0.3 is 0 Å². The average Bonchev–Trinajstić information content (AvgIpc) is 2.42. The number of unbranched alkanes of at least 4 members (excludes halogenated alkanes) is 3. The Morgan fingerprint density at radius 1 is 1.05 bits per heavy atom. The molecule has 1 aromatic rings. The Hall–Kier alpha value is -1.02. The molecule has 0 aromatic heterocycles. The molecule has 1 aromatic carbocycles. The molecule has 0 aliphatic rings. The molecule has 0 aliphatic heterocycles. The number of benzene rings is 1. The maximum Gasteiger partial charge on any atom is 0.123 e. The molecule has 1 rings (SSSR count). The first-order chi connectivity index (χ1) is 9.95. The van der Waals surface area contributed by atoms with Gasteiger partial charge in [-0.3, -0.25) is 0 Å². The zero-order chi connectivity index (χ0) is 15.7. The number of hydrogen-bond donors (Lipinski definition) is 1. The Labute approximate surface area is 131 Å². The first-order valence-corrected chi connectivity index (χ1v) is 8.40. The molecule has 0 fully saturated rings. The van der Waals surface area contributed by atoms with Gasteiger partial charge in [0.2, 0.25) is 0 Å². The summed E-state index contributed by atoms with van der Waals surface area (Å²) in [4.78, 5) is 0. The predicted octanol–water partition coefficient (Wildman–Crippen LogP) is 4.84. The normalized spacial score (nSPS) is 11.7. The third-order valence-corrected chi connectivity index (χ3v) is 3.69. The van der Waals surface area contributed by atoms with Gasteiger partial charge < -0.3 is 10.1 Å². The van der Waals surface area contributed by atoms with Crippen molar-refractivity contribution in [1.29, 1.82) is 0 Å². The van der Waals surface area contributed by atoms with Gasteiger partial charge in [0.1, 0.15) is 12.4 Å². The van der Waals surface area contributed by atoms with E-state index in [1.807, 2.05) is 0 Å². The van der Waals surface area contributed by atoms with Crippen molar-refractivity contribution in [3.05, 3.63) is 29.3 Å². The molecule has 0 atom stereocenters. The van der Waals surface area contributed by atoms with Crippen LogP contribution < -0.4 is 10.1 Å². The minimum atomic E-state index is 0.120. The number of nitrogens with one attached hydrogen (secondary N) is 1. The predicted molar refractivity (Wildman–Crippen MR) is 92.4 cm³/mol. The van der Waals surface area contributed by atoms with E-state index in [9.17, 15) is 0 Å². The Bertz CT molecular complexity index is 407. The van der Waals surface area contributed by atoms with E-state index in [0.29, 0.717) is 0 Å². The lowest BCUT2D eigenvalue weighted by Crippen LogP contribution is -2.23. The lowest BCUT2D eigenvalue weighted by molar-refractivity contribution is 0.305. The first-order valence-electron chi connectivity index (χ1n) is 8.40. The van der Waals surface area contributed by atoms with Gasteiger partial charge in [-0.1, -0.05) is 64.7 Å². The van der Waals surface area contributed by atoms with E-state index >= 15 is 0 Å². The van der Waals surface area contributed by atoms with Crippen LogP contribution in [0.1, 0.15) is 64.5 Å². The summed E-state index contributed by atoms with van der Waals surface area (Å²) in [5, 5.41) is 3.46. The summed E-state index contributed by atoms with van der Waals surface area (Å²) >= 11 is 0. The number of hydrogen-bond acceptors (Lipinski definition) is 2. The second-order valence-electron chi connectivity index (χ2n) is 6.91. The fraction of sp³-hybridized carbons (Fsp3) is 0.684. The van der Waals surface area contributed by atoms with Crippen molar-refractivity contribution in [2.75, 3.05) is 19.7 Å². The number of ether oxygens (including phenoxy) is 1. The minimum absolute atomic E-state index is 0.120. The standard InChI is InChI=1S/C19H33NO/c1-6-7-8-9-12-20-13-14-21-18-11-10-16(2)15-17(18)19(3,4)5/h10-11,15,20H,6-9,12-14H2,1-5H3. The van der Waals surface area contributed by atoms with E-state index in [1.165, 1.54) is 36.8 Å². The lowest BCUT2D eigenvalue weighted by atomic mass is 9.85. The molecule has 0 heterocycles. The summed E-state index contributed by atoms with van der Waals surface area (Å²) in [6.45, 7) is 13.8. The van der Waals surface area contributed by atoms with E-state index in [0.717, 1.165) is 25.4 Å². The largest absolute Gasteiger partial charge is 0.492 e. The lowest BCUT2D eigenvalue weighted by Gasteiger charge is -2.23. The SMILES string of the molecule is CCCCCCNCCOc1ccc(C)cc1C(C)(C)C. The zero-order valence-electron chi connectivity index (χ0n) is 14.6. The molecule has 0 radical (unpaired) electrons. The van der Waals surface area contributed by atoms with Crippen LogP contribution in [0.15, 0.2) is 18.2 Å². The summed E-state index contributed by atoms with van der Waals surface area (Å²) in [6.07, 6.45) is 5.24. The van der Waals surface area contributed by atoms with E-state index in [-0.39, 0.29) is 5.41 Å². The van der Waals surface area contributed by atoms with Gasteiger partial charge in [0.05, 0.1) is 0 Å². The Balaban J connectivity index is 2.35. The zero-order valence-corrected chi connectivity index (χ0v) is 14.6. The van der Waals surface area contributed by atoms with Gasteiger partial charge in [-0.25, -0.2) is 0 Å². The molecule has 2 heteroatoms. The Kier molecular flexibility index (Phi) is 7.81. The van der Waals surface area contributed by atoms with E-state index in [4.69, 9.17) is 4.74 Å². The maximum absolute atomic E-state index is 5.98. The molecule has 0 saturated heterocycles. The molecule has 0 bridgehead atoms. The summed E-state index contributed by atoms with van der Waals surface area (Å²) < 4.78 is 5.98. The van der Waals surface area contributed by atoms with Crippen LogP contribution in [0.4, 0.5) is 0 Å². The monoisotopic (exact) mass is 291 g/mol. The van der Waals surface area contributed by atoms with Crippen LogP contribution in [-0.2, 0) is 5.41 Å². The van der Waals surface area contributed by atoms with Crippen LogP contribution >= 0.6 is 0 Å². The third-order valence-electron chi connectivity index (χ3n) is 3.69. The topological polar surface area (TPSA) is 21.3 Å². The Morgan fingerprint density at radius 2 is 1.81 bits per heavy atom. The maximum atomic E-state index is 5.98. The minimum Gasteiger partial charge on any atom is -0.492 e. The smallest absolute Gasteiger partial charge is 0.123 e. The second kappa shape index (κ2) is 9.09. The highest BCUT2D eigenvalue weighted by molar-refractivity contribution is 5.41. The van der Waals surface area contributed by atoms with Crippen LogP contribution in [0, 0.1) is 6.92 Å². The van der Waals surface area contributed by atoms with Crippen molar-refractivity contribution in [2.24, 2.45) is 0 Å². The molecule has 0 unspecified atom stereocenters. The highest BCUT2D eigenvalue weighted by Crippen LogP contribution is 2.31. The van der Waals surface area contributed by atoms with Crippen LogP contribution in [0.25, 0.3) is 0 Å². The molecule has 0 aliphatic carbocycles. The summed E-state index contributed by atoms with van der Waals surface area (Å²) in [5.41, 5.74) is 2.71. The van der Waals surface area contributed by atoms with E-state index < -0.39 is 0 Å². The van der Waals surface area contributed by atoms with Crippen molar-refractivity contribution in [2.45, 2.75) is 65.7 Å². The molecule has 0 amide bonds. The highest BCUT2D eigenvalue weighted by Gasteiger charge is 2.18. The van der Waals surface area contributed by atoms with Gasteiger partial charge in [-0.2, -0.15) is 0 Å². The van der Waals surface area contributed by atoms with Crippen molar-refractivity contribution in [3.8, 4) is 5.75 Å². The molecule has 0 saturated carbocycles. The summed E-state index contributed by atoms with van der Waals surface area (Å²) in [5.74, 6) is 1.03. The summed E-state index contributed by atoms with van der Waals surface area (Å²) in [7, 11) is 0. The fourth-order valence-corrected chi connectivity index (χ4v) is 2.39. The van der Waals surface area contributed by atoms with E-state index in [2.05, 4.69) is 58.1 Å². The molecule has 21 heavy (non-hydrogen) atoms. The molecule has 120 valence electrons. The molecular weight excluding hydrogens is 258 g/mol. The third kappa shape index (κ3) is 6.99. The van der Waals surface area contributed by atoms with Gasteiger partial charge in [-0.15, -0.1) is 0 Å². The van der Waals surface area contributed by atoms with Crippen molar-refractivity contribution < 1.29 is 4.74 Å². The quantitative estimate of drug-likeness (QED) is 0.657. The van der Waals surface area contributed by atoms with Gasteiger partial charge in [0, 0.05) is 6.54 Å². The van der Waals surface area contributed by atoms with Crippen LogP contribution in [0.5, 0.6) is 5.75 Å². The average molecular weight is 291 g/mol. The van der Waals surface area contributed by atoms with Crippen molar-refractivity contribution in [1.82, 2.24) is 5.32 Å². The second-order valence-corrected chi connectivity index (χ2v) is 6.91. The highest BCUT2D eigenvalue weighted by atomic mass is 16.5. The van der Waals surface area contributed by atoms with Crippen molar-refractivity contribution >= 4 is 0 Å². The van der Waals surface area contributed by atoms with Gasteiger partial charge in [0.15, 0.2) is 0 Å². The van der Waals surface area contributed by atoms with Crippen LogP contribution in [0.2, 0.25) is 0 Å². The van der Waals surface area contributed by atoms with Gasteiger partial charge in [-0.05, 0) is 36.9 Å². The number of rotatable bonds is 9. The first kappa shape index (κ1) is 18.0. The number of aryl methyl sites for hydroxylation is 1. The van der Waals surface area contributed by atoms with Crippen LogP contribution in [0.3, 0.4) is 0 Å². The van der Waals surface area contributed by atoms with Crippen LogP contribution in [-0.4, -0.2) is 19.7 Å².